The summed E-state index contributed by atoms with van der Waals surface area (Å²) in [6.07, 6.45) is 0. The van der Waals surface area contributed by atoms with E-state index >= 15 is 0 Å². The van der Waals surface area contributed by atoms with Gasteiger partial charge < -0.3 is 5.32 Å². The summed E-state index contributed by atoms with van der Waals surface area (Å²) in [6.45, 7) is 3.58. The molecule has 0 bridgehead atoms. The normalized spacial score (nSPS) is 11.8. The largest absolute Gasteiger partial charge is 0.324 e. The van der Waals surface area contributed by atoms with Crippen LogP contribution in [0.15, 0.2) is 65.5 Å². The van der Waals surface area contributed by atoms with Crippen molar-refractivity contribution in [2.45, 2.75) is 19.9 Å². The number of halogens is 1. The van der Waals surface area contributed by atoms with Crippen molar-refractivity contribution >= 4 is 11.6 Å². The van der Waals surface area contributed by atoms with Gasteiger partial charge in [0.25, 0.3) is 5.56 Å². The highest BCUT2D eigenvalue weighted by Gasteiger charge is 2.18. The second kappa shape index (κ2) is 7.31. The minimum absolute atomic E-state index is 0.373. The van der Waals surface area contributed by atoms with E-state index < -0.39 is 11.9 Å². The van der Waals surface area contributed by atoms with Crippen LogP contribution >= 0.6 is 0 Å². The monoisotopic (exact) mass is 351 g/mol. The maximum atomic E-state index is 13.0. The number of nitrogens with zero attached hydrogens (tertiary/aromatic N) is 2. The minimum Gasteiger partial charge on any atom is -0.324 e. The van der Waals surface area contributed by atoms with Crippen molar-refractivity contribution in [3.63, 3.8) is 0 Å². The number of carbonyl (C=O) groups is 1. The summed E-state index contributed by atoms with van der Waals surface area (Å²) in [7, 11) is 0. The smallest absolute Gasteiger partial charge is 0.267 e. The quantitative estimate of drug-likeness (QED) is 0.782. The summed E-state index contributed by atoms with van der Waals surface area (Å²) in [4.78, 5) is 24.6. The van der Waals surface area contributed by atoms with Crippen LogP contribution in [0.2, 0.25) is 0 Å². The SMILES string of the molecule is Cc1ccc(-c2ccc(=O)n([C@@H](C)C(=O)Nc3ccc(F)cc3)n2)cc1. The highest BCUT2D eigenvalue weighted by Crippen LogP contribution is 2.17. The van der Waals surface area contributed by atoms with Crippen LogP contribution < -0.4 is 10.9 Å². The summed E-state index contributed by atoms with van der Waals surface area (Å²) < 4.78 is 14.1. The third-order valence-corrected chi connectivity index (χ3v) is 4.03. The molecule has 0 saturated heterocycles. The number of anilines is 1. The molecule has 0 radical (unpaired) electrons. The number of nitrogens with one attached hydrogen (secondary N) is 1. The van der Waals surface area contributed by atoms with E-state index in [4.69, 9.17) is 0 Å². The number of rotatable bonds is 4. The maximum absolute atomic E-state index is 13.0. The van der Waals surface area contributed by atoms with E-state index in [1.54, 1.807) is 13.0 Å². The van der Waals surface area contributed by atoms with E-state index in [2.05, 4.69) is 10.4 Å². The summed E-state index contributed by atoms with van der Waals surface area (Å²) in [6, 6.07) is 15.4. The Balaban J connectivity index is 1.86. The molecule has 1 aromatic heterocycles. The molecule has 1 heterocycles. The Morgan fingerprint density at radius 1 is 1.04 bits per heavy atom. The number of amides is 1. The Bertz CT molecular complexity index is 979. The van der Waals surface area contributed by atoms with Crippen LogP contribution in [-0.2, 0) is 4.79 Å². The fraction of sp³-hybridized carbons (Fsp3) is 0.150. The second-order valence-corrected chi connectivity index (χ2v) is 6.04. The molecule has 1 amide bonds. The first-order valence-electron chi connectivity index (χ1n) is 8.17. The van der Waals surface area contributed by atoms with Crippen LogP contribution in [0.4, 0.5) is 10.1 Å². The third-order valence-electron chi connectivity index (χ3n) is 4.03. The van der Waals surface area contributed by atoms with Gasteiger partial charge in [-0.15, -0.1) is 0 Å². The molecular formula is C20H18FN3O2. The van der Waals surface area contributed by atoms with Crippen LogP contribution in [0, 0.1) is 12.7 Å². The lowest BCUT2D eigenvalue weighted by atomic mass is 10.1. The molecule has 0 fully saturated rings. The van der Waals surface area contributed by atoms with Crippen molar-refractivity contribution in [2.24, 2.45) is 0 Å². The van der Waals surface area contributed by atoms with Crippen molar-refractivity contribution in [1.82, 2.24) is 9.78 Å². The molecule has 26 heavy (non-hydrogen) atoms. The highest BCUT2D eigenvalue weighted by atomic mass is 19.1. The van der Waals surface area contributed by atoms with Crippen LogP contribution in [0.5, 0.6) is 0 Å². The predicted octanol–water partition coefficient (Wildman–Crippen LogP) is 3.56. The molecule has 3 aromatic rings. The van der Waals surface area contributed by atoms with Gasteiger partial charge in [-0.25, -0.2) is 9.07 Å². The average molecular weight is 351 g/mol. The lowest BCUT2D eigenvalue weighted by Crippen LogP contribution is -2.33. The molecule has 1 atom stereocenters. The van der Waals surface area contributed by atoms with E-state index in [1.165, 1.54) is 30.3 Å². The van der Waals surface area contributed by atoms with Gasteiger partial charge in [0, 0.05) is 17.3 Å². The molecule has 0 spiro atoms. The number of carbonyl (C=O) groups excluding carboxylic acids is 1. The number of hydrogen-bond acceptors (Lipinski definition) is 3. The number of aryl methyl sites for hydroxylation is 1. The average Bonchev–Trinajstić information content (AvgIpc) is 2.64. The van der Waals surface area contributed by atoms with Gasteiger partial charge in [-0.1, -0.05) is 29.8 Å². The van der Waals surface area contributed by atoms with Crippen molar-refractivity contribution in [2.75, 3.05) is 5.32 Å². The van der Waals surface area contributed by atoms with Gasteiger partial charge in [0.05, 0.1) is 5.69 Å². The Labute approximate surface area is 150 Å². The van der Waals surface area contributed by atoms with E-state index in [0.29, 0.717) is 11.4 Å². The van der Waals surface area contributed by atoms with Gasteiger partial charge in [-0.2, -0.15) is 5.10 Å². The van der Waals surface area contributed by atoms with E-state index in [9.17, 15) is 14.0 Å². The van der Waals surface area contributed by atoms with Gasteiger partial charge >= 0.3 is 0 Å². The Morgan fingerprint density at radius 2 is 1.69 bits per heavy atom. The standard InChI is InChI=1S/C20H18FN3O2/c1-13-3-5-15(6-4-13)18-11-12-19(25)24(23-18)14(2)20(26)22-17-9-7-16(21)8-10-17/h3-12,14H,1-2H3,(H,22,26)/t14-/m0/s1. The molecule has 0 unspecified atom stereocenters. The molecule has 3 rings (SSSR count). The number of benzene rings is 2. The topological polar surface area (TPSA) is 64.0 Å². The van der Waals surface area contributed by atoms with E-state index in [-0.39, 0.29) is 11.4 Å². The van der Waals surface area contributed by atoms with Gasteiger partial charge in [-0.05, 0) is 44.2 Å². The zero-order valence-electron chi connectivity index (χ0n) is 14.4. The fourth-order valence-corrected chi connectivity index (χ4v) is 2.47. The van der Waals surface area contributed by atoms with Gasteiger partial charge in [0.15, 0.2) is 0 Å². The molecule has 0 aliphatic rings. The summed E-state index contributed by atoms with van der Waals surface area (Å²) in [5.74, 6) is -0.799. The van der Waals surface area contributed by atoms with Crippen molar-refractivity contribution in [3.05, 3.63) is 82.4 Å². The Morgan fingerprint density at radius 3 is 2.35 bits per heavy atom. The van der Waals surface area contributed by atoms with Gasteiger partial charge in [0.1, 0.15) is 11.9 Å². The molecule has 2 aromatic carbocycles. The first kappa shape index (κ1) is 17.5. The molecule has 0 saturated carbocycles. The summed E-state index contributed by atoms with van der Waals surface area (Å²) in [5, 5.41) is 6.99. The molecule has 0 aliphatic carbocycles. The first-order valence-corrected chi connectivity index (χ1v) is 8.17. The lowest BCUT2D eigenvalue weighted by Gasteiger charge is -2.15. The molecule has 5 nitrogen and oxygen atoms in total. The number of hydrogen-bond donors (Lipinski definition) is 1. The zero-order valence-corrected chi connectivity index (χ0v) is 14.4. The van der Waals surface area contributed by atoms with E-state index in [0.717, 1.165) is 15.8 Å². The molecule has 0 aliphatic heterocycles. The lowest BCUT2D eigenvalue weighted by molar-refractivity contribution is -0.119. The zero-order chi connectivity index (χ0) is 18.7. The second-order valence-electron chi connectivity index (χ2n) is 6.04. The third kappa shape index (κ3) is 3.85. The van der Waals surface area contributed by atoms with E-state index in [1.807, 2.05) is 31.2 Å². The van der Waals surface area contributed by atoms with Crippen molar-refractivity contribution in [3.8, 4) is 11.3 Å². The van der Waals surface area contributed by atoms with Crippen LogP contribution in [-0.4, -0.2) is 15.7 Å². The Hall–Kier alpha value is -3.28. The summed E-state index contributed by atoms with van der Waals surface area (Å²) in [5.41, 5.74) is 2.66. The Kier molecular flexibility index (Phi) is 4.93. The van der Waals surface area contributed by atoms with Gasteiger partial charge in [0.2, 0.25) is 5.91 Å². The predicted molar refractivity (Wildman–Crippen MR) is 98.4 cm³/mol. The first-order chi connectivity index (χ1) is 12.4. The van der Waals surface area contributed by atoms with Crippen molar-refractivity contribution < 1.29 is 9.18 Å². The summed E-state index contributed by atoms with van der Waals surface area (Å²) >= 11 is 0. The molecule has 132 valence electrons. The number of aromatic nitrogens is 2. The molecule has 6 heteroatoms. The van der Waals surface area contributed by atoms with Gasteiger partial charge in [-0.3, -0.25) is 9.59 Å². The van der Waals surface area contributed by atoms with Crippen LogP contribution in [0.3, 0.4) is 0 Å². The molecule has 1 N–H and O–H groups in total. The minimum atomic E-state index is -0.821. The molecular weight excluding hydrogens is 333 g/mol. The van der Waals surface area contributed by atoms with Crippen LogP contribution in [0.1, 0.15) is 18.5 Å². The van der Waals surface area contributed by atoms with Crippen molar-refractivity contribution in [1.29, 1.82) is 0 Å². The highest BCUT2D eigenvalue weighted by molar-refractivity contribution is 5.93. The maximum Gasteiger partial charge on any atom is 0.267 e. The fourth-order valence-electron chi connectivity index (χ4n) is 2.47. The van der Waals surface area contributed by atoms with Crippen LogP contribution in [0.25, 0.3) is 11.3 Å².